The third-order valence-corrected chi connectivity index (χ3v) is 9.38. The number of carbonyl (C=O) groups excluding carboxylic acids is 3. The van der Waals surface area contributed by atoms with Gasteiger partial charge in [0.05, 0.1) is 27.9 Å². The van der Waals surface area contributed by atoms with E-state index < -0.39 is 17.7 Å². The van der Waals surface area contributed by atoms with E-state index in [9.17, 15) is 19.5 Å². The highest BCUT2D eigenvalue weighted by molar-refractivity contribution is 5.97. The van der Waals surface area contributed by atoms with Crippen molar-refractivity contribution >= 4 is 39.8 Å². The number of carbonyl (C=O) groups is 3. The van der Waals surface area contributed by atoms with Gasteiger partial charge in [0.1, 0.15) is 22.7 Å². The van der Waals surface area contributed by atoms with Gasteiger partial charge in [-0.3, -0.25) is 23.7 Å². The van der Waals surface area contributed by atoms with Gasteiger partial charge in [-0.1, -0.05) is 17.2 Å². The topological polar surface area (TPSA) is 178 Å². The van der Waals surface area contributed by atoms with Gasteiger partial charge in [0.15, 0.2) is 0 Å². The van der Waals surface area contributed by atoms with Gasteiger partial charge in [-0.25, -0.2) is 0 Å². The molecular weight excluding hydrogens is 662 g/mol. The molecule has 0 aliphatic heterocycles. The van der Waals surface area contributed by atoms with Gasteiger partial charge < -0.3 is 29.1 Å². The predicted octanol–water partition coefficient (Wildman–Crippen LogP) is 3.65. The number of aromatic hydroxyl groups is 1. The number of phenols is 1. The Balaban J connectivity index is 1.49. The molecule has 0 fully saturated rings. The van der Waals surface area contributed by atoms with Crippen LogP contribution in [0.5, 0.6) is 5.75 Å². The molecule has 0 unspecified atom stereocenters. The van der Waals surface area contributed by atoms with Gasteiger partial charge in [-0.05, 0) is 84.0 Å². The van der Waals surface area contributed by atoms with Crippen molar-refractivity contribution < 1.29 is 19.5 Å². The van der Waals surface area contributed by atoms with Crippen LogP contribution in [-0.2, 0) is 40.3 Å². The van der Waals surface area contributed by atoms with Crippen LogP contribution in [0.1, 0.15) is 70.4 Å². The summed E-state index contributed by atoms with van der Waals surface area (Å²) in [5.74, 6) is -1.41. The number of hydrogen-bond acceptors (Lipinski definition) is 6. The molecule has 6 aromatic rings. The molecular formula is C37H43N11O4. The van der Waals surface area contributed by atoms with Crippen molar-refractivity contribution in [1.82, 2.24) is 37.8 Å². The Kier molecular flexibility index (Phi) is 9.45. The standard InChI is InChI=1S/C37H43N11O4/c1-9-47-29(16-23(5)41-47)34(51)39-36-44(8)28-18-25(33(38)50)14-15-26(28)45(36)19-21(3)22(4)20-46-32-27(12-11-13-31(32)49)43(7)37(46)40-35(52)30-17-24(6)42-48(30)10-2/h11-18,49H,9-10,19-20H2,1-8H3,(H2,38,50)/b22-21+,39-36?,40-37?. The SMILES string of the molecule is CCn1nc(C)cc1C(=O)N=c1n(C)c2cc(C(N)=O)ccc2n1C/C(C)=C(\C)Cn1c(=NC(=O)c2cc(C)nn2CC)n(C)c2cccc(O)c21. The number of imidazole rings is 2. The number of benzene rings is 2. The van der Waals surface area contributed by atoms with Gasteiger partial charge >= 0.3 is 0 Å². The molecule has 4 aromatic heterocycles. The van der Waals surface area contributed by atoms with Crippen LogP contribution in [0.25, 0.3) is 22.1 Å². The highest BCUT2D eigenvalue weighted by atomic mass is 16.3. The summed E-state index contributed by atoms with van der Waals surface area (Å²) in [6.07, 6.45) is 0. The summed E-state index contributed by atoms with van der Waals surface area (Å²) in [4.78, 5) is 48.5. The first-order valence-corrected chi connectivity index (χ1v) is 17.0. The van der Waals surface area contributed by atoms with Crippen LogP contribution in [0.15, 0.2) is 69.7 Å². The number of amides is 3. The van der Waals surface area contributed by atoms with Crippen LogP contribution in [0.3, 0.4) is 0 Å². The summed E-state index contributed by atoms with van der Waals surface area (Å²) in [5.41, 5.74) is 13.4. The van der Waals surface area contributed by atoms with E-state index in [2.05, 4.69) is 20.2 Å². The van der Waals surface area contributed by atoms with Gasteiger partial charge in [-0.15, -0.1) is 0 Å². The van der Waals surface area contributed by atoms with Gasteiger partial charge in [0, 0.05) is 45.8 Å². The van der Waals surface area contributed by atoms with Gasteiger partial charge in [-0.2, -0.15) is 20.2 Å². The molecule has 0 aliphatic carbocycles. The lowest BCUT2D eigenvalue weighted by atomic mass is 10.1. The Bertz CT molecular complexity index is 2600. The minimum atomic E-state index is -0.567. The van der Waals surface area contributed by atoms with E-state index >= 15 is 0 Å². The number of aromatic nitrogens is 8. The van der Waals surface area contributed by atoms with Crippen molar-refractivity contribution in [3.8, 4) is 5.75 Å². The van der Waals surface area contributed by atoms with E-state index in [0.29, 0.717) is 75.8 Å². The second-order valence-corrected chi connectivity index (χ2v) is 13.0. The number of phenolic OH excluding ortho intramolecular Hbond substituents is 1. The fraction of sp³-hybridized carbons (Fsp3) is 0.324. The third kappa shape index (κ3) is 6.29. The first-order valence-electron chi connectivity index (χ1n) is 17.0. The molecule has 270 valence electrons. The number of primary amides is 1. The third-order valence-electron chi connectivity index (χ3n) is 9.38. The van der Waals surface area contributed by atoms with Crippen molar-refractivity contribution in [1.29, 1.82) is 0 Å². The average Bonchev–Trinajstić information content (AvgIpc) is 3.83. The first kappa shape index (κ1) is 35.6. The quantitative estimate of drug-likeness (QED) is 0.217. The molecule has 52 heavy (non-hydrogen) atoms. The number of nitrogens with two attached hydrogens (primary N) is 1. The van der Waals surface area contributed by atoms with Crippen LogP contribution in [0, 0.1) is 13.8 Å². The van der Waals surface area contributed by atoms with E-state index in [1.54, 1.807) is 68.0 Å². The van der Waals surface area contributed by atoms with E-state index in [-0.39, 0.29) is 12.3 Å². The smallest absolute Gasteiger partial charge is 0.298 e. The van der Waals surface area contributed by atoms with Crippen LogP contribution < -0.4 is 17.0 Å². The second kappa shape index (κ2) is 13.8. The lowest BCUT2D eigenvalue weighted by molar-refractivity contribution is 0.0977. The van der Waals surface area contributed by atoms with E-state index in [1.165, 1.54) is 0 Å². The minimum absolute atomic E-state index is 0.0525. The Hall–Kier alpha value is -6.25. The summed E-state index contributed by atoms with van der Waals surface area (Å²) >= 11 is 0. The normalized spacial score (nSPS) is 13.1. The first-order chi connectivity index (χ1) is 24.7. The maximum Gasteiger partial charge on any atom is 0.298 e. The van der Waals surface area contributed by atoms with Crippen LogP contribution >= 0.6 is 0 Å². The van der Waals surface area contributed by atoms with E-state index in [0.717, 1.165) is 16.7 Å². The molecule has 15 heteroatoms. The molecule has 4 heterocycles. The zero-order valence-corrected chi connectivity index (χ0v) is 30.7. The summed E-state index contributed by atoms with van der Waals surface area (Å²) in [6, 6.07) is 13.8. The summed E-state index contributed by atoms with van der Waals surface area (Å²) in [7, 11) is 3.59. The Morgan fingerprint density at radius 3 is 1.79 bits per heavy atom. The molecule has 2 aromatic carbocycles. The molecule has 0 bridgehead atoms. The van der Waals surface area contributed by atoms with Crippen molar-refractivity contribution in [3.63, 3.8) is 0 Å². The number of para-hydroxylation sites is 1. The van der Waals surface area contributed by atoms with E-state index in [4.69, 9.17) is 5.73 Å². The Morgan fingerprint density at radius 2 is 1.25 bits per heavy atom. The highest BCUT2D eigenvalue weighted by Gasteiger charge is 2.20. The molecule has 0 aliphatic rings. The number of rotatable bonds is 9. The fourth-order valence-electron chi connectivity index (χ4n) is 6.56. The molecule has 0 saturated heterocycles. The monoisotopic (exact) mass is 705 g/mol. The highest BCUT2D eigenvalue weighted by Crippen LogP contribution is 2.25. The maximum atomic E-state index is 13.6. The summed E-state index contributed by atoms with van der Waals surface area (Å²) in [6.45, 7) is 13.1. The molecule has 6 rings (SSSR count). The lowest BCUT2D eigenvalue weighted by Crippen LogP contribution is -2.28. The minimum Gasteiger partial charge on any atom is -0.506 e. The van der Waals surface area contributed by atoms with Crippen molar-refractivity contribution in [3.05, 3.63) is 99.3 Å². The van der Waals surface area contributed by atoms with E-state index in [1.807, 2.05) is 63.8 Å². The molecule has 0 atom stereocenters. The molecule has 0 spiro atoms. The fourth-order valence-corrected chi connectivity index (χ4v) is 6.56. The molecule has 0 saturated carbocycles. The van der Waals surface area contributed by atoms with Crippen LogP contribution in [-0.4, -0.2) is 60.7 Å². The number of hydrogen-bond donors (Lipinski definition) is 2. The largest absolute Gasteiger partial charge is 0.506 e. The molecule has 3 amide bonds. The molecule has 15 nitrogen and oxygen atoms in total. The number of fused-ring (bicyclic) bond motifs is 2. The zero-order valence-electron chi connectivity index (χ0n) is 30.7. The van der Waals surface area contributed by atoms with Gasteiger partial charge in [0.2, 0.25) is 17.1 Å². The maximum absolute atomic E-state index is 13.6. The Labute approximate surface area is 299 Å². The molecule has 3 N–H and O–H groups in total. The van der Waals surface area contributed by atoms with Crippen LogP contribution in [0.4, 0.5) is 0 Å². The second-order valence-electron chi connectivity index (χ2n) is 13.0. The predicted molar refractivity (Wildman–Crippen MR) is 195 cm³/mol. The summed E-state index contributed by atoms with van der Waals surface area (Å²) in [5, 5.41) is 19.9. The van der Waals surface area contributed by atoms with Crippen LogP contribution in [0.2, 0.25) is 0 Å². The van der Waals surface area contributed by atoms with Crippen molar-refractivity contribution in [2.45, 2.75) is 67.7 Å². The average molecular weight is 706 g/mol. The van der Waals surface area contributed by atoms with Gasteiger partial charge in [0.25, 0.3) is 11.8 Å². The number of aryl methyl sites for hydroxylation is 6. The zero-order chi connectivity index (χ0) is 37.6. The number of nitrogens with zero attached hydrogens (tertiary/aromatic N) is 10. The summed E-state index contributed by atoms with van der Waals surface area (Å²) < 4.78 is 10.6. The number of allylic oxidation sites excluding steroid dienone is 2. The molecule has 0 radical (unpaired) electrons. The Morgan fingerprint density at radius 1 is 0.731 bits per heavy atom. The van der Waals surface area contributed by atoms with Crippen molar-refractivity contribution in [2.24, 2.45) is 29.8 Å². The van der Waals surface area contributed by atoms with Crippen molar-refractivity contribution in [2.75, 3.05) is 0 Å². The lowest BCUT2D eigenvalue weighted by Gasteiger charge is -2.13.